The Hall–Kier alpha value is -2.05. The van der Waals surface area contributed by atoms with Crippen LogP contribution in [0.4, 0.5) is 5.69 Å². The normalized spacial score (nSPS) is 17.4. The van der Waals surface area contributed by atoms with E-state index in [1.807, 2.05) is 0 Å². The number of aromatic amines is 1. The van der Waals surface area contributed by atoms with Crippen molar-refractivity contribution in [1.82, 2.24) is 15.1 Å². The van der Waals surface area contributed by atoms with Gasteiger partial charge in [0.1, 0.15) is 0 Å². The summed E-state index contributed by atoms with van der Waals surface area (Å²) in [5.74, 6) is -0.227. The fourth-order valence-electron chi connectivity index (χ4n) is 3.13. The number of halogens is 2. The molecule has 2 heterocycles. The zero-order valence-corrected chi connectivity index (χ0v) is 15.2. The molecule has 2 N–H and O–H groups in total. The molecule has 1 aliphatic rings. The topological polar surface area (TPSA) is 78.1 Å². The van der Waals surface area contributed by atoms with E-state index >= 15 is 0 Å². The van der Waals surface area contributed by atoms with Gasteiger partial charge in [0.05, 0.1) is 28.2 Å². The van der Waals surface area contributed by atoms with Gasteiger partial charge in [0.25, 0.3) is 5.91 Å². The lowest BCUT2D eigenvalue weighted by Gasteiger charge is -2.33. The zero-order chi connectivity index (χ0) is 18.0. The van der Waals surface area contributed by atoms with Crippen molar-refractivity contribution in [2.75, 3.05) is 18.4 Å². The van der Waals surface area contributed by atoms with Gasteiger partial charge in [-0.3, -0.25) is 14.7 Å². The largest absolute Gasteiger partial charge is 0.338 e. The molecule has 2 aromatic rings. The molecular weight excluding hydrogens is 363 g/mol. The first-order valence-corrected chi connectivity index (χ1v) is 8.76. The average molecular weight is 381 g/mol. The summed E-state index contributed by atoms with van der Waals surface area (Å²) < 4.78 is 0. The molecule has 3 rings (SSSR count). The molecular formula is C17H18Cl2N4O2. The van der Waals surface area contributed by atoms with Gasteiger partial charge >= 0.3 is 0 Å². The minimum Gasteiger partial charge on any atom is -0.338 e. The van der Waals surface area contributed by atoms with Crippen LogP contribution in [0.5, 0.6) is 0 Å². The molecule has 1 atom stereocenters. The first-order chi connectivity index (χ1) is 12.0. The number of piperidine rings is 1. The standard InChI is InChI=1S/C17H18Cl2N4O2/c1-10(24)21-15-8-20-22-16(15)11-3-2-6-23(9-11)17(25)13-7-12(18)4-5-14(13)19/h4-5,7-8,11H,2-3,6,9H2,1H3,(H,20,22)(H,21,24)/t11-/m0/s1. The Morgan fingerprint density at radius 2 is 2.16 bits per heavy atom. The second kappa shape index (κ2) is 7.45. The molecule has 25 heavy (non-hydrogen) atoms. The summed E-state index contributed by atoms with van der Waals surface area (Å²) >= 11 is 12.2. The van der Waals surface area contributed by atoms with Gasteiger partial charge in [0.15, 0.2) is 0 Å². The van der Waals surface area contributed by atoms with Crippen molar-refractivity contribution in [3.63, 3.8) is 0 Å². The lowest BCUT2D eigenvalue weighted by molar-refractivity contribution is -0.114. The SMILES string of the molecule is CC(=O)Nc1cn[nH]c1[C@H]1CCCN(C(=O)c2cc(Cl)ccc2Cl)C1. The molecule has 0 bridgehead atoms. The van der Waals surface area contributed by atoms with Gasteiger partial charge in [-0.15, -0.1) is 0 Å². The molecule has 0 aliphatic carbocycles. The van der Waals surface area contributed by atoms with Crippen LogP contribution in [0, 0.1) is 0 Å². The van der Waals surface area contributed by atoms with Crippen molar-refractivity contribution in [3.05, 3.63) is 45.7 Å². The molecule has 6 nitrogen and oxygen atoms in total. The van der Waals surface area contributed by atoms with Crippen molar-refractivity contribution in [2.24, 2.45) is 0 Å². The summed E-state index contributed by atoms with van der Waals surface area (Å²) in [5.41, 5.74) is 1.90. The van der Waals surface area contributed by atoms with Crippen molar-refractivity contribution in [3.8, 4) is 0 Å². The van der Waals surface area contributed by atoms with E-state index in [1.165, 1.54) is 6.92 Å². The molecule has 0 unspecified atom stereocenters. The predicted molar refractivity (Wildman–Crippen MR) is 97.2 cm³/mol. The molecule has 8 heteroatoms. The number of nitrogens with one attached hydrogen (secondary N) is 2. The van der Waals surface area contributed by atoms with E-state index in [9.17, 15) is 9.59 Å². The first-order valence-electron chi connectivity index (χ1n) is 8.01. The molecule has 2 amide bonds. The second-order valence-electron chi connectivity index (χ2n) is 6.09. The number of amides is 2. The molecule has 1 saturated heterocycles. The maximum atomic E-state index is 12.8. The molecule has 1 fully saturated rings. The maximum Gasteiger partial charge on any atom is 0.255 e. The monoisotopic (exact) mass is 380 g/mol. The average Bonchev–Trinajstić information content (AvgIpc) is 3.04. The van der Waals surface area contributed by atoms with Gasteiger partial charge in [-0.2, -0.15) is 5.10 Å². The number of hydrogen-bond donors (Lipinski definition) is 2. The Kier molecular flexibility index (Phi) is 5.30. The minimum atomic E-state index is -0.155. The van der Waals surface area contributed by atoms with E-state index in [1.54, 1.807) is 29.3 Å². The lowest BCUT2D eigenvalue weighted by Crippen LogP contribution is -2.39. The van der Waals surface area contributed by atoms with Crippen molar-refractivity contribution in [1.29, 1.82) is 0 Å². The Labute approximate surface area is 155 Å². The predicted octanol–water partition coefficient (Wildman–Crippen LogP) is 3.69. The number of anilines is 1. The van der Waals surface area contributed by atoms with Crippen LogP contribution in [0.3, 0.4) is 0 Å². The highest BCUT2D eigenvalue weighted by Crippen LogP contribution is 2.32. The highest BCUT2D eigenvalue weighted by molar-refractivity contribution is 6.35. The Balaban J connectivity index is 1.79. The van der Waals surface area contributed by atoms with Crippen LogP contribution >= 0.6 is 23.2 Å². The van der Waals surface area contributed by atoms with Crippen molar-refractivity contribution >= 4 is 40.7 Å². The van der Waals surface area contributed by atoms with Gasteiger partial charge in [0.2, 0.25) is 5.91 Å². The van der Waals surface area contributed by atoms with E-state index in [4.69, 9.17) is 23.2 Å². The fraction of sp³-hybridized carbons (Fsp3) is 0.353. The fourth-order valence-corrected chi connectivity index (χ4v) is 3.50. The third-order valence-corrected chi connectivity index (χ3v) is 4.82. The summed E-state index contributed by atoms with van der Waals surface area (Å²) in [6.07, 6.45) is 3.35. The summed E-state index contributed by atoms with van der Waals surface area (Å²) in [5, 5.41) is 10.6. The number of carbonyl (C=O) groups excluding carboxylic acids is 2. The summed E-state index contributed by atoms with van der Waals surface area (Å²) in [6, 6.07) is 4.88. The molecule has 0 radical (unpaired) electrons. The summed E-state index contributed by atoms with van der Waals surface area (Å²) in [6.45, 7) is 2.63. The number of aromatic nitrogens is 2. The molecule has 1 aromatic carbocycles. The third-order valence-electron chi connectivity index (χ3n) is 4.26. The number of likely N-dealkylation sites (tertiary alicyclic amines) is 1. The molecule has 1 aliphatic heterocycles. The van der Waals surface area contributed by atoms with Crippen LogP contribution in [0.15, 0.2) is 24.4 Å². The number of nitrogens with zero attached hydrogens (tertiary/aromatic N) is 2. The van der Waals surface area contributed by atoms with Gasteiger partial charge in [-0.1, -0.05) is 23.2 Å². The van der Waals surface area contributed by atoms with Crippen molar-refractivity contribution in [2.45, 2.75) is 25.7 Å². The lowest BCUT2D eigenvalue weighted by atomic mass is 9.93. The van der Waals surface area contributed by atoms with Gasteiger partial charge in [0, 0.05) is 31.0 Å². The van der Waals surface area contributed by atoms with Crippen LogP contribution < -0.4 is 5.32 Å². The smallest absolute Gasteiger partial charge is 0.255 e. The van der Waals surface area contributed by atoms with E-state index in [0.29, 0.717) is 34.4 Å². The highest BCUT2D eigenvalue weighted by atomic mass is 35.5. The molecule has 0 spiro atoms. The Bertz CT molecular complexity index is 806. The van der Waals surface area contributed by atoms with Crippen LogP contribution in [0.2, 0.25) is 10.0 Å². The van der Waals surface area contributed by atoms with E-state index in [0.717, 1.165) is 18.5 Å². The van der Waals surface area contributed by atoms with Crippen LogP contribution in [-0.2, 0) is 4.79 Å². The Morgan fingerprint density at radius 1 is 1.36 bits per heavy atom. The van der Waals surface area contributed by atoms with E-state index in [2.05, 4.69) is 15.5 Å². The number of benzene rings is 1. The van der Waals surface area contributed by atoms with E-state index < -0.39 is 0 Å². The van der Waals surface area contributed by atoms with Gasteiger partial charge < -0.3 is 10.2 Å². The number of rotatable bonds is 3. The summed E-state index contributed by atoms with van der Waals surface area (Å²) in [4.78, 5) is 25.9. The van der Waals surface area contributed by atoms with Gasteiger partial charge in [-0.05, 0) is 31.0 Å². The zero-order valence-electron chi connectivity index (χ0n) is 13.7. The molecule has 0 saturated carbocycles. The Morgan fingerprint density at radius 3 is 2.92 bits per heavy atom. The summed E-state index contributed by atoms with van der Waals surface area (Å²) in [7, 11) is 0. The molecule has 132 valence electrons. The first kappa shape index (κ1) is 17.8. The second-order valence-corrected chi connectivity index (χ2v) is 6.94. The maximum absolute atomic E-state index is 12.8. The third kappa shape index (κ3) is 3.96. The number of carbonyl (C=O) groups is 2. The van der Waals surface area contributed by atoms with E-state index in [-0.39, 0.29) is 17.7 Å². The van der Waals surface area contributed by atoms with Crippen molar-refractivity contribution < 1.29 is 9.59 Å². The van der Waals surface area contributed by atoms with Crippen LogP contribution in [-0.4, -0.2) is 40.0 Å². The number of H-pyrrole nitrogens is 1. The number of hydrogen-bond acceptors (Lipinski definition) is 3. The highest BCUT2D eigenvalue weighted by Gasteiger charge is 2.29. The van der Waals surface area contributed by atoms with Gasteiger partial charge in [-0.25, -0.2) is 0 Å². The minimum absolute atomic E-state index is 0.0695. The quantitative estimate of drug-likeness (QED) is 0.851. The molecule has 1 aromatic heterocycles. The van der Waals surface area contributed by atoms with Crippen LogP contribution in [0.25, 0.3) is 0 Å². The van der Waals surface area contributed by atoms with Crippen LogP contribution in [0.1, 0.15) is 41.7 Å².